The first kappa shape index (κ1) is 18.5. The predicted octanol–water partition coefficient (Wildman–Crippen LogP) is 4.74. The third kappa shape index (κ3) is 3.75. The maximum atomic E-state index is 11.9. The van der Waals surface area contributed by atoms with Gasteiger partial charge in [0.15, 0.2) is 0 Å². The Kier molecular flexibility index (Phi) is 5.94. The van der Waals surface area contributed by atoms with Crippen molar-refractivity contribution in [3.8, 4) is 11.1 Å². The molecule has 3 rings (SSSR count). The van der Waals surface area contributed by atoms with Crippen molar-refractivity contribution in [1.29, 1.82) is 0 Å². The van der Waals surface area contributed by atoms with Crippen LogP contribution in [0.3, 0.4) is 0 Å². The maximum Gasteiger partial charge on any atom is 0.224 e. The summed E-state index contributed by atoms with van der Waals surface area (Å²) in [6.45, 7) is 5.19. The molecule has 0 fully saturated rings. The van der Waals surface area contributed by atoms with Crippen molar-refractivity contribution in [2.24, 2.45) is 0 Å². The normalized spacial score (nSPS) is 14.7. The summed E-state index contributed by atoms with van der Waals surface area (Å²) in [6, 6.07) is 12.4. The van der Waals surface area contributed by atoms with Crippen molar-refractivity contribution in [1.82, 2.24) is 0 Å². The van der Waals surface area contributed by atoms with Gasteiger partial charge in [-0.15, -0.1) is 0 Å². The third-order valence-electron chi connectivity index (χ3n) is 4.95. The van der Waals surface area contributed by atoms with E-state index in [0.29, 0.717) is 6.42 Å². The molecule has 1 unspecified atom stereocenters. The van der Waals surface area contributed by atoms with Crippen molar-refractivity contribution in [2.45, 2.75) is 45.4 Å². The first-order valence-corrected chi connectivity index (χ1v) is 9.60. The lowest BCUT2D eigenvalue weighted by Crippen LogP contribution is -2.11. The number of carbonyl (C=O) groups is 1. The molecule has 0 saturated carbocycles. The summed E-state index contributed by atoms with van der Waals surface area (Å²) >= 11 is 0. The van der Waals surface area contributed by atoms with Gasteiger partial charge in [-0.3, -0.25) is 4.79 Å². The molecule has 0 bridgehead atoms. The number of benzene rings is 2. The number of aliphatic hydroxyl groups is 1. The van der Waals surface area contributed by atoms with Crippen LogP contribution in [0, 0.1) is 0 Å². The first-order chi connectivity index (χ1) is 12.7. The molecule has 1 aliphatic rings. The molecule has 0 aliphatic heterocycles. The number of anilines is 2. The summed E-state index contributed by atoms with van der Waals surface area (Å²) in [4.78, 5) is 11.9. The van der Waals surface area contributed by atoms with Crippen LogP contribution >= 0.6 is 0 Å². The van der Waals surface area contributed by atoms with Crippen LogP contribution in [0.15, 0.2) is 36.4 Å². The number of hydrogen-bond acceptors (Lipinski definition) is 3. The standard InChI is InChI=1S/C22H28N2O2/c1-3-5-11-23-15-7-9-17-18-10-8-16(24-22(26)6-4-2)13-20(18)21(14-25)19(17)12-15/h7-10,12-13,21,23,25H,3-6,11,14H2,1-2H3,(H,24,26). The average molecular weight is 352 g/mol. The van der Waals surface area contributed by atoms with Gasteiger partial charge in [-0.2, -0.15) is 0 Å². The molecule has 4 heteroatoms. The first-order valence-electron chi connectivity index (χ1n) is 9.60. The lowest BCUT2D eigenvalue weighted by atomic mass is 9.97. The number of rotatable bonds is 8. The Morgan fingerprint density at radius 1 is 1.00 bits per heavy atom. The van der Waals surface area contributed by atoms with Crippen LogP contribution in [0.1, 0.15) is 56.6 Å². The summed E-state index contributed by atoms with van der Waals surface area (Å²) in [7, 11) is 0. The highest BCUT2D eigenvalue weighted by Gasteiger charge is 2.28. The number of amides is 1. The molecule has 138 valence electrons. The Bertz CT molecular complexity index is 786. The quantitative estimate of drug-likeness (QED) is 0.601. The molecule has 0 heterocycles. The van der Waals surface area contributed by atoms with E-state index in [9.17, 15) is 9.90 Å². The van der Waals surface area contributed by atoms with E-state index in [-0.39, 0.29) is 18.4 Å². The zero-order valence-corrected chi connectivity index (χ0v) is 15.6. The van der Waals surface area contributed by atoms with E-state index in [2.05, 4.69) is 41.8 Å². The van der Waals surface area contributed by atoms with Gasteiger partial charge in [0.25, 0.3) is 0 Å². The molecular weight excluding hydrogens is 324 g/mol. The Hall–Kier alpha value is -2.33. The minimum atomic E-state index is -0.0454. The number of unbranched alkanes of at least 4 members (excludes halogenated alkanes) is 1. The summed E-state index contributed by atoms with van der Waals surface area (Å²) in [5.41, 5.74) is 6.46. The van der Waals surface area contributed by atoms with E-state index in [0.717, 1.165) is 53.9 Å². The van der Waals surface area contributed by atoms with Crippen molar-refractivity contribution < 1.29 is 9.90 Å². The smallest absolute Gasteiger partial charge is 0.224 e. The third-order valence-corrected chi connectivity index (χ3v) is 4.95. The fourth-order valence-corrected chi connectivity index (χ4v) is 3.60. The van der Waals surface area contributed by atoms with Gasteiger partial charge in [0.2, 0.25) is 5.91 Å². The summed E-state index contributed by atoms with van der Waals surface area (Å²) < 4.78 is 0. The van der Waals surface area contributed by atoms with Crippen LogP contribution in [0.25, 0.3) is 11.1 Å². The van der Waals surface area contributed by atoms with E-state index >= 15 is 0 Å². The number of nitrogens with one attached hydrogen (secondary N) is 2. The molecule has 0 aromatic heterocycles. The summed E-state index contributed by atoms with van der Waals surface area (Å²) in [6.07, 6.45) is 3.65. The molecule has 1 atom stereocenters. The topological polar surface area (TPSA) is 61.4 Å². The average Bonchev–Trinajstić information content (AvgIpc) is 2.94. The van der Waals surface area contributed by atoms with Crippen molar-refractivity contribution in [3.63, 3.8) is 0 Å². The Morgan fingerprint density at radius 3 is 2.27 bits per heavy atom. The number of hydrogen-bond donors (Lipinski definition) is 3. The lowest BCUT2D eigenvalue weighted by Gasteiger charge is -2.13. The minimum Gasteiger partial charge on any atom is -0.395 e. The number of aliphatic hydroxyl groups excluding tert-OH is 1. The Balaban J connectivity index is 1.87. The molecule has 1 aliphatic carbocycles. The molecule has 0 saturated heterocycles. The molecule has 26 heavy (non-hydrogen) atoms. The molecule has 1 amide bonds. The zero-order valence-electron chi connectivity index (χ0n) is 15.6. The van der Waals surface area contributed by atoms with Crippen LogP contribution in [-0.4, -0.2) is 24.2 Å². The van der Waals surface area contributed by atoms with Gasteiger partial charge in [0.05, 0.1) is 6.61 Å². The second kappa shape index (κ2) is 8.37. The summed E-state index contributed by atoms with van der Waals surface area (Å²) in [5.74, 6) is -0.0122. The molecule has 3 N–H and O–H groups in total. The predicted molar refractivity (Wildman–Crippen MR) is 108 cm³/mol. The molecule has 0 spiro atoms. The number of fused-ring (bicyclic) bond motifs is 3. The highest BCUT2D eigenvalue weighted by Crippen LogP contribution is 2.46. The maximum absolute atomic E-state index is 11.9. The van der Waals surface area contributed by atoms with Gasteiger partial charge < -0.3 is 15.7 Å². The summed E-state index contributed by atoms with van der Waals surface area (Å²) in [5, 5.41) is 16.4. The molecule has 2 aromatic carbocycles. The van der Waals surface area contributed by atoms with Gasteiger partial charge in [-0.25, -0.2) is 0 Å². The highest BCUT2D eigenvalue weighted by molar-refractivity contribution is 5.92. The van der Waals surface area contributed by atoms with Crippen LogP contribution in [0.5, 0.6) is 0 Å². The highest BCUT2D eigenvalue weighted by atomic mass is 16.3. The van der Waals surface area contributed by atoms with Crippen LogP contribution < -0.4 is 10.6 Å². The fourth-order valence-electron chi connectivity index (χ4n) is 3.60. The second-order valence-corrected chi connectivity index (χ2v) is 6.92. The minimum absolute atomic E-state index is 0.0333. The molecule has 2 aromatic rings. The van der Waals surface area contributed by atoms with Crippen LogP contribution in [-0.2, 0) is 4.79 Å². The van der Waals surface area contributed by atoms with Gasteiger partial charge in [-0.05, 0) is 59.4 Å². The van der Waals surface area contributed by atoms with Crippen LogP contribution in [0.2, 0.25) is 0 Å². The van der Waals surface area contributed by atoms with E-state index in [1.54, 1.807) is 0 Å². The number of carbonyl (C=O) groups excluding carboxylic acids is 1. The second-order valence-electron chi connectivity index (χ2n) is 6.92. The van der Waals surface area contributed by atoms with Crippen molar-refractivity contribution in [2.75, 3.05) is 23.8 Å². The van der Waals surface area contributed by atoms with Crippen molar-refractivity contribution in [3.05, 3.63) is 47.5 Å². The lowest BCUT2D eigenvalue weighted by molar-refractivity contribution is -0.116. The van der Waals surface area contributed by atoms with E-state index < -0.39 is 0 Å². The van der Waals surface area contributed by atoms with E-state index in [4.69, 9.17) is 0 Å². The molecule has 0 radical (unpaired) electrons. The molecule has 4 nitrogen and oxygen atoms in total. The monoisotopic (exact) mass is 352 g/mol. The van der Waals surface area contributed by atoms with Gasteiger partial charge in [-0.1, -0.05) is 32.4 Å². The fraction of sp³-hybridized carbons (Fsp3) is 0.409. The van der Waals surface area contributed by atoms with Crippen LogP contribution in [0.4, 0.5) is 11.4 Å². The largest absolute Gasteiger partial charge is 0.395 e. The molecular formula is C22H28N2O2. The van der Waals surface area contributed by atoms with Gasteiger partial charge in [0.1, 0.15) is 0 Å². The van der Waals surface area contributed by atoms with Gasteiger partial charge >= 0.3 is 0 Å². The van der Waals surface area contributed by atoms with Crippen molar-refractivity contribution >= 4 is 17.3 Å². The SMILES string of the molecule is CCCCNc1ccc2c(c1)C(CO)c1cc(NC(=O)CCC)ccc1-2. The van der Waals surface area contributed by atoms with E-state index in [1.165, 1.54) is 5.56 Å². The Morgan fingerprint density at radius 2 is 1.65 bits per heavy atom. The zero-order chi connectivity index (χ0) is 18.5. The van der Waals surface area contributed by atoms with E-state index in [1.807, 2.05) is 19.1 Å². The Labute approximate surface area is 155 Å². The van der Waals surface area contributed by atoms with Gasteiger partial charge in [0, 0.05) is 30.3 Å².